The normalized spacial score (nSPS) is 11.9. The number of aromatic nitrogens is 1. The van der Waals surface area contributed by atoms with E-state index in [-0.39, 0.29) is 16.0 Å². The molecular weight excluding hydrogens is 501 g/mol. The summed E-state index contributed by atoms with van der Waals surface area (Å²) in [5.41, 5.74) is 6.38. The Labute approximate surface area is 212 Å². The number of halogens is 1. The van der Waals surface area contributed by atoms with Gasteiger partial charge in [0, 0.05) is 22.3 Å². The van der Waals surface area contributed by atoms with Crippen LogP contribution >= 0.6 is 11.3 Å². The largest absolute Gasteiger partial charge is 0.386 e. The van der Waals surface area contributed by atoms with Gasteiger partial charge in [-0.15, -0.1) is 11.3 Å². The number of amides is 1. The van der Waals surface area contributed by atoms with Crippen molar-refractivity contribution in [1.29, 1.82) is 0 Å². The van der Waals surface area contributed by atoms with E-state index in [1.807, 2.05) is 0 Å². The Balaban J connectivity index is 1.69. The predicted octanol–water partition coefficient (Wildman–Crippen LogP) is 5.09. The maximum absolute atomic E-state index is 14.9. The van der Waals surface area contributed by atoms with Gasteiger partial charge in [0.15, 0.2) is 9.84 Å². The van der Waals surface area contributed by atoms with E-state index in [1.54, 1.807) is 62.4 Å². The molecule has 2 heterocycles. The Kier molecular flexibility index (Phi) is 6.70. The monoisotopic (exact) mass is 525 g/mol. The van der Waals surface area contributed by atoms with E-state index in [0.29, 0.717) is 32.5 Å². The van der Waals surface area contributed by atoms with Crippen LogP contribution in [0.2, 0.25) is 0 Å². The molecule has 0 unspecified atom stereocenters. The number of carbonyl (C=O) groups is 1. The second-order valence-corrected chi connectivity index (χ2v) is 11.9. The summed E-state index contributed by atoms with van der Waals surface area (Å²) < 4.78 is 38.7. The fourth-order valence-electron chi connectivity index (χ4n) is 3.56. The summed E-state index contributed by atoms with van der Waals surface area (Å²) >= 11 is 1.14. The van der Waals surface area contributed by atoms with Crippen LogP contribution in [-0.4, -0.2) is 30.7 Å². The van der Waals surface area contributed by atoms with Crippen molar-refractivity contribution in [2.45, 2.75) is 24.3 Å². The van der Waals surface area contributed by atoms with Gasteiger partial charge >= 0.3 is 0 Å². The van der Waals surface area contributed by atoms with Gasteiger partial charge < -0.3 is 16.2 Å². The van der Waals surface area contributed by atoms with E-state index in [9.17, 15) is 22.7 Å². The molecule has 0 aliphatic heterocycles. The second-order valence-electron chi connectivity index (χ2n) is 8.80. The van der Waals surface area contributed by atoms with Crippen LogP contribution in [0.1, 0.15) is 29.8 Å². The van der Waals surface area contributed by atoms with Crippen molar-refractivity contribution in [3.05, 3.63) is 83.7 Å². The van der Waals surface area contributed by atoms with Gasteiger partial charge in [-0.1, -0.05) is 30.3 Å². The molecular formula is C26H24FN3O4S2. The minimum atomic E-state index is -3.38. The van der Waals surface area contributed by atoms with Crippen molar-refractivity contribution in [2.24, 2.45) is 5.73 Å². The number of nitrogens with zero attached hydrogens (tertiary/aromatic N) is 1. The van der Waals surface area contributed by atoms with Crippen molar-refractivity contribution < 1.29 is 22.7 Å². The van der Waals surface area contributed by atoms with Gasteiger partial charge in [-0.3, -0.25) is 4.79 Å². The first-order valence-corrected chi connectivity index (χ1v) is 13.5. The fraction of sp³-hybridized carbons (Fsp3) is 0.154. The third-order valence-corrected chi connectivity index (χ3v) is 7.68. The lowest BCUT2D eigenvalue weighted by molar-refractivity contribution is 0.0782. The molecule has 1 amide bonds. The van der Waals surface area contributed by atoms with Crippen molar-refractivity contribution in [1.82, 2.24) is 4.98 Å². The molecule has 7 nitrogen and oxygen atoms in total. The first-order chi connectivity index (χ1) is 16.8. The number of carbonyl (C=O) groups excluding carboxylic acids is 1. The molecule has 0 saturated carbocycles. The second kappa shape index (κ2) is 9.45. The molecule has 0 bridgehead atoms. The van der Waals surface area contributed by atoms with Crippen molar-refractivity contribution in [3.8, 4) is 21.7 Å². The molecule has 0 atom stereocenters. The van der Waals surface area contributed by atoms with Crippen molar-refractivity contribution in [3.63, 3.8) is 0 Å². The van der Waals surface area contributed by atoms with E-state index in [1.165, 1.54) is 18.2 Å². The smallest absolute Gasteiger partial charge is 0.251 e. The van der Waals surface area contributed by atoms with Gasteiger partial charge in [-0.25, -0.2) is 17.8 Å². The number of nitrogens with one attached hydrogen (secondary N) is 1. The summed E-state index contributed by atoms with van der Waals surface area (Å²) in [7, 11) is -3.38. The predicted molar refractivity (Wildman–Crippen MR) is 140 cm³/mol. The minimum absolute atomic E-state index is 0.173. The van der Waals surface area contributed by atoms with E-state index in [2.05, 4.69) is 10.3 Å². The molecule has 2 aromatic carbocycles. The zero-order valence-corrected chi connectivity index (χ0v) is 21.4. The van der Waals surface area contributed by atoms with E-state index < -0.39 is 27.2 Å². The molecule has 4 rings (SSSR count). The van der Waals surface area contributed by atoms with Crippen LogP contribution in [0.5, 0.6) is 0 Å². The third kappa shape index (κ3) is 5.46. The number of pyridine rings is 1. The molecule has 0 radical (unpaired) electrons. The number of thiophene rings is 1. The Hall–Kier alpha value is -3.60. The molecule has 10 heteroatoms. The highest BCUT2D eigenvalue weighted by molar-refractivity contribution is 7.90. The molecule has 4 aromatic rings. The van der Waals surface area contributed by atoms with Gasteiger partial charge in [-0.2, -0.15) is 0 Å². The number of benzene rings is 2. The number of sulfone groups is 1. The summed E-state index contributed by atoms with van der Waals surface area (Å²) in [5.74, 6) is -0.833. The van der Waals surface area contributed by atoms with E-state index in [0.717, 1.165) is 17.6 Å². The fourth-order valence-corrected chi connectivity index (χ4v) is 5.33. The zero-order valence-electron chi connectivity index (χ0n) is 19.7. The van der Waals surface area contributed by atoms with Gasteiger partial charge in [-0.05, 0) is 55.8 Å². The van der Waals surface area contributed by atoms with Crippen LogP contribution in [0, 0.1) is 5.82 Å². The summed E-state index contributed by atoms with van der Waals surface area (Å²) in [6.45, 7) is 3.14. The average molecular weight is 526 g/mol. The standard InChI is InChI=1S/C26H24FN3O4S2/c1-26(2,32)16-10-11-18(20(27)13-16)22-14-19(24(28)31)25(35-22)30-23-9-5-8-21(29-23)15-6-4-7-17(12-15)36(3,33)34/h4-14,32H,1-3H3,(H2,28,31)(H,29,30). The van der Waals surface area contributed by atoms with Crippen LogP contribution < -0.4 is 11.1 Å². The van der Waals surface area contributed by atoms with Crippen molar-refractivity contribution >= 4 is 37.9 Å². The number of anilines is 2. The molecule has 36 heavy (non-hydrogen) atoms. The Morgan fingerprint density at radius 2 is 1.81 bits per heavy atom. The zero-order chi connectivity index (χ0) is 26.3. The van der Waals surface area contributed by atoms with E-state index >= 15 is 0 Å². The SMILES string of the molecule is CC(C)(O)c1ccc(-c2cc(C(N)=O)c(Nc3cccc(-c4cccc(S(C)(=O)=O)c4)n3)s2)c(F)c1. The highest BCUT2D eigenvalue weighted by Gasteiger charge is 2.21. The highest BCUT2D eigenvalue weighted by atomic mass is 32.2. The summed E-state index contributed by atoms with van der Waals surface area (Å²) in [4.78, 5) is 17.3. The number of hydrogen-bond acceptors (Lipinski definition) is 7. The minimum Gasteiger partial charge on any atom is -0.386 e. The molecule has 0 aliphatic carbocycles. The number of primary amides is 1. The molecule has 4 N–H and O–H groups in total. The first-order valence-electron chi connectivity index (χ1n) is 10.8. The van der Waals surface area contributed by atoms with Crippen LogP contribution in [-0.2, 0) is 15.4 Å². The molecule has 0 spiro atoms. The Morgan fingerprint density at radius 3 is 2.44 bits per heavy atom. The molecule has 0 fully saturated rings. The maximum Gasteiger partial charge on any atom is 0.251 e. The molecule has 0 saturated heterocycles. The van der Waals surface area contributed by atoms with Crippen LogP contribution in [0.4, 0.5) is 15.2 Å². The summed E-state index contributed by atoms with van der Waals surface area (Å²) in [6, 6.07) is 17.6. The van der Waals surface area contributed by atoms with Gasteiger partial charge in [0.05, 0.1) is 21.8 Å². The average Bonchev–Trinajstić information content (AvgIpc) is 3.22. The lowest BCUT2D eigenvalue weighted by atomic mass is 9.96. The first kappa shape index (κ1) is 25.5. The number of nitrogens with two attached hydrogens (primary N) is 1. The highest BCUT2D eigenvalue weighted by Crippen LogP contribution is 2.39. The number of hydrogen-bond donors (Lipinski definition) is 3. The molecule has 2 aromatic heterocycles. The van der Waals surface area contributed by atoms with Gasteiger partial charge in [0.2, 0.25) is 0 Å². The number of rotatable bonds is 7. The molecule has 0 aliphatic rings. The van der Waals surface area contributed by atoms with Gasteiger partial charge in [0.25, 0.3) is 5.91 Å². The van der Waals surface area contributed by atoms with E-state index in [4.69, 9.17) is 5.73 Å². The lowest BCUT2D eigenvalue weighted by Crippen LogP contribution is -2.15. The lowest BCUT2D eigenvalue weighted by Gasteiger charge is -2.18. The maximum atomic E-state index is 14.9. The summed E-state index contributed by atoms with van der Waals surface area (Å²) in [6.07, 6.45) is 1.14. The number of aliphatic hydroxyl groups is 1. The van der Waals surface area contributed by atoms with Gasteiger partial charge in [0.1, 0.15) is 16.6 Å². The van der Waals surface area contributed by atoms with Crippen molar-refractivity contribution in [2.75, 3.05) is 11.6 Å². The summed E-state index contributed by atoms with van der Waals surface area (Å²) in [5, 5.41) is 13.6. The Bertz CT molecular complexity index is 1570. The third-order valence-electron chi connectivity index (χ3n) is 5.49. The topological polar surface area (TPSA) is 122 Å². The van der Waals surface area contributed by atoms with Crippen LogP contribution in [0.3, 0.4) is 0 Å². The van der Waals surface area contributed by atoms with Crippen LogP contribution in [0.15, 0.2) is 71.6 Å². The van der Waals surface area contributed by atoms with Crippen LogP contribution in [0.25, 0.3) is 21.7 Å². The molecule has 186 valence electrons. The quantitative estimate of drug-likeness (QED) is 0.309. The Morgan fingerprint density at radius 1 is 1.08 bits per heavy atom.